The molecule has 0 unspecified atom stereocenters. The summed E-state index contributed by atoms with van der Waals surface area (Å²) in [6.07, 6.45) is 0. The molecule has 1 heterocycles. The summed E-state index contributed by atoms with van der Waals surface area (Å²) in [5.41, 5.74) is 12.5. The van der Waals surface area contributed by atoms with Crippen LogP contribution in [0, 0.1) is 6.92 Å². The number of nitrogens with zero attached hydrogens (tertiary/aromatic N) is 3. The lowest BCUT2D eigenvalue weighted by Crippen LogP contribution is -2.23. The standard InChI is InChI=1S/C13H15ClN6OS/c1-6-8(14)4-3-5-9(6)17-10(21)7(2)22-13-19-11(15)18-12(16)20-13/h3-5,7H,1-2H3,(H,17,21)(H4,15,16,18,19,20)/t7-/m0/s1. The van der Waals surface area contributed by atoms with Gasteiger partial charge in [-0.2, -0.15) is 15.0 Å². The number of carbonyl (C=O) groups excluding carboxylic acids is 1. The van der Waals surface area contributed by atoms with Crippen molar-refractivity contribution in [3.8, 4) is 0 Å². The van der Waals surface area contributed by atoms with Gasteiger partial charge in [-0.1, -0.05) is 29.4 Å². The molecule has 1 aromatic heterocycles. The fraction of sp³-hybridized carbons (Fsp3) is 0.231. The van der Waals surface area contributed by atoms with Crippen LogP contribution in [0.3, 0.4) is 0 Å². The number of nitrogen functional groups attached to an aromatic ring is 2. The van der Waals surface area contributed by atoms with Gasteiger partial charge in [0.2, 0.25) is 17.8 Å². The predicted molar refractivity (Wildman–Crippen MR) is 88.8 cm³/mol. The van der Waals surface area contributed by atoms with Crippen LogP contribution < -0.4 is 16.8 Å². The zero-order chi connectivity index (χ0) is 16.3. The van der Waals surface area contributed by atoms with Crippen LogP contribution >= 0.6 is 23.4 Å². The van der Waals surface area contributed by atoms with Crippen molar-refractivity contribution < 1.29 is 4.79 Å². The van der Waals surface area contributed by atoms with Gasteiger partial charge in [0.15, 0.2) is 5.16 Å². The van der Waals surface area contributed by atoms with Gasteiger partial charge in [0, 0.05) is 10.7 Å². The average Bonchev–Trinajstić information content (AvgIpc) is 2.42. The lowest BCUT2D eigenvalue weighted by atomic mass is 10.2. The molecule has 22 heavy (non-hydrogen) atoms. The quantitative estimate of drug-likeness (QED) is 0.730. The Morgan fingerprint density at radius 2 is 1.91 bits per heavy atom. The molecule has 0 fully saturated rings. The number of thioether (sulfide) groups is 1. The van der Waals surface area contributed by atoms with Gasteiger partial charge < -0.3 is 16.8 Å². The average molecular weight is 339 g/mol. The molecule has 2 rings (SSSR count). The molecule has 0 saturated carbocycles. The minimum atomic E-state index is -0.445. The second kappa shape index (κ2) is 6.80. The topological polar surface area (TPSA) is 120 Å². The number of aromatic nitrogens is 3. The number of carbonyl (C=O) groups is 1. The first-order chi connectivity index (χ1) is 10.4. The van der Waals surface area contributed by atoms with Crippen LogP contribution in [0.25, 0.3) is 0 Å². The van der Waals surface area contributed by atoms with E-state index in [9.17, 15) is 4.79 Å². The largest absolute Gasteiger partial charge is 0.368 e. The van der Waals surface area contributed by atoms with Crippen LogP contribution in [0.5, 0.6) is 0 Å². The number of benzene rings is 1. The molecule has 9 heteroatoms. The van der Waals surface area contributed by atoms with E-state index in [0.717, 1.165) is 17.3 Å². The van der Waals surface area contributed by atoms with E-state index < -0.39 is 5.25 Å². The van der Waals surface area contributed by atoms with Crippen LogP contribution in [-0.4, -0.2) is 26.1 Å². The number of hydrogen-bond donors (Lipinski definition) is 3. The van der Waals surface area contributed by atoms with E-state index in [1.165, 1.54) is 0 Å². The maximum atomic E-state index is 12.2. The molecule has 0 spiro atoms. The first kappa shape index (κ1) is 16.3. The van der Waals surface area contributed by atoms with E-state index in [2.05, 4.69) is 20.3 Å². The van der Waals surface area contributed by atoms with Gasteiger partial charge in [-0.25, -0.2) is 0 Å². The highest BCUT2D eigenvalue weighted by atomic mass is 35.5. The highest BCUT2D eigenvalue weighted by Gasteiger charge is 2.18. The van der Waals surface area contributed by atoms with Crippen molar-refractivity contribution in [1.82, 2.24) is 15.0 Å². The SMILES string of the molecule is Cc1c(Cl)cccc1NC(=O)[C@H](C)Sc1nc(N)nc(N)n1. The zero-order valence-electron chi connectivity index (χ0n) is 12.0. The minimum absolute atomic E-state index is 0.0216. The number of amides is 1. The maximum absolute atomic E-state index is 12.2. The van der Waals surface area contributed by atoms with Crippen molar-refractivity contribution in [3.63, 3.8) is 0 Å². The van der Waals surface area contributed by atoms with Crippen LogP contribution in [0.1, 0.15) is 12.5 Å². The Hall–Kier alpha value is -2.06. The Morgan fingerprint density at radius 1 is 1.27 bits per heavy atom. The lowest BCUT2D eigenvalue weighted by molar-refractivity contribution is -0.115. The van der Waals surface area contributed by atoms with Crippen LogP contribution in [0.2, 0.25) is 5.02 Å². The Morgan fingerprint density at radius 3 is 2.55 bits per heavy atom. The molecular weight excluding hydrogens is 324 g/mol. The summed E-state index contributed by atoms with van der Waals surface area (Å²) >= 11 is 7.17. The Kier molecular flexibility index (Phi) is 5.04. The van der Waals surface area contributed by atoms with E-state index >= 15 is 0 Å². The van der Waals surface area contributed by atoms with E-state index in [0.29, 0.717) is 15.9 Å². The number of rotatable bonds is 4. The van der Waals surface area contributed by atoms with E-state index in [4.69, 9.17) is 23.1 Å². The van der Waals surface area contributed by atoms with Gasteiger partial charge >= 0.3 is 0 Å². The zero-order valence-corrected chi connectivity index (χ0v) is 13.6. The van der Waals surface area contributed by atoms with Crippen LogP contribution in [0.15, 0.2) is 23.4 Å². The smallest absolute Gasteiger partial charge is 0.237 e. The Bertz CT molecular complexity index is 691. The molecule has 0 aliphatic heterocycles. The summed E-state index contributed by atoms with van der Waals surface area (Å²) < 4.78 is 0. The number of nitrogens with one attached hydrogen (secondary N) is 1. The molecule has 0 aliphatic rings. The number of halogens is 1. The van der Waals surface area contributed by atoms with Gasteiger partial charge in [-0.05, 0) is 31.5 Å². The van der Waals surface area contributed by atoms with Gasteiger partial charge in [0.25, 0.3) is 0 Å². The monoisotopic (exact) mass is 338 g/mol. The fourth-order valence-electron chi connectivity index (χ4n) is 1.63. The second-order valence-corrected chi connectivity index (χ2v) is 6.21. The van der Waals surface area contributed by atoms with E-state index in [-0.39, 0.29) is 17.8 Å². The van der Waals surface area contributed by atoms with Crippen molar-refractivity contribution in [1.29, 1.82) is 0 Å². The van der Waals surface area contributed by atoms with Gasteiger partial charge in [-0.15, -0.1) is 0 Å². The summed E-state index contributed by atoms with van der Waals surface area (Å²) in [5, 5.41) is 3.27. The summed E-state index contributed by atoms with van der Waals surface area (Å²) in [6, 6.07) is 5.33. The third-order valence-electron chi connectivity index (χ3n) is 2.83. The summed E-state index contributed by atoms with van der Waals surface area (Å²) in [4.78, 5) is 23.8. The molecule has 0 aliphatic carbocycles. The molecular formula is C13H15ClN6OS. The predicted octanol–water partition coefficient (Wildman–Crippen LogP) is 2.12. The second-order valence-electron chi connectivity index (χ2n) is 4.50. The molecule has 2 aromatic rings. The molecule has 1 amide bonds. The summed E-state index contributed by atoms with van der Waals surface area (Å²) in [7, 11) is 0. The van der Waals surface area contributed by atoms with Crippen molar-refractivity contribution in [2.75, 3.05) is 16.8 Å². The van der Waals surface area contributed by atoms with E-state index in [1.54, 1.807) is 25.1 Å². The van der Waals surface area contributed by atoms with E-state index in [1.807, 2.05) is 6.92 Å². The maximum Gasteiger partial charge on any atom is 0.237 e. The molecule has 1 atom stereocenters. The van der Waals surface area contributed by atoms with Gasteiger partial charge in [-0.3, -0.25) is 4.79 Å². The van der Waals surface area contributed by atoms with Crippen molar-refractivity contribution >= 4 is 46.9 Å². The first-order valence-electron chi connectivity index (χ1n) is 6.36. The number of hydrogen-bond acceptors (Lipinski definition) is 7. The molecule has 1 aromatic carbocycles. The molecule has 0 saturated heterocycles. The van der Waals surface area contributed by atoms with Crippen LogP contribution in [0.4, 0.5) is 17.6 Å². The highest BCUT2D eigenvalue weighted by molar-refractivity contribution is 8.00. The van der Waals surface area contributed by atoms with Crippen molar-refractivity contribution in [2.45, 2.75) is 24.3 Å². The Labute approximate surface area is 136 Å². The molecule has 7 nitrogen and oxygen atoms in total. The third kappa shape index (κ3) is 3.99. The Balaban J connectivity index is 2.07. The van der Waals surface area contributed by atoms with Crippen molar-refractivity contribution in [3.05, 3.63) is 28.8 Å². The normalized spacial score (nSPS) is 12.0. The molecule has 0 bridgehead atoms. The highest BCUT2D eigenvalue weighted by Crippen LogP contribution is 2.25. The summed E-state index contributed by atoms with van der Waals surface area (Å²) in [5.74, 6) is -0.158. The van der Waals surface area contributed by atoms with Crippen LogP contribution in [-0.2, 0) is 4.79 Å². The van der Waals surface area contributed by atoms with Crippen molar-refractivity contribution in [2.24, 2.45) is 0 Å². The summed E-state index contributed by atoms with van der Waals surface area (Å²) in [6.45, 7) is 3.57. The fourth-order valence-corrected chi connectivity index (χ4v) is 2.58. The van der Waals surface area contributed by atoms with Gasteiger partial charge in [0.05, 0.1) is 5.25 Å². The number of anilines is 3. The molecule has 5 N–H and O–H groups in total. The lowest BCUT2D eigenvalue weighted by Gasteiger charge is -2.13. The third-order valence-corrected chi connectivity index (χ3v) is 4.20. The first-order valence-corrected chi connectivity index (χ1v) is 7.62. The molecule has 116 valence electrons. The minimum Gasteiger partial charge on any atom is -0.368 e. The number of nitrogens with two attached hydrogens (primary N) is 2. The van der Waals surface area contributed by atoms with Gasteiger partial charge in [0.1, 0.15) is 0 Å². The molecule has 0 radical (unpaired) electrons.